The molecule has 140 valence electrons. The minimum Gasteiger partial charge on any atom is -0.488 e. The number of likely N-dealkylation sites (N-methyl/N-ethyl adjacent to an activating group) is 1. The molecule has 0 aromatic heterocycles. The first-order chi connectivity index (χ1) is 12.6. The number of nitrogens with zero attached hydrogens (tertiary/aromatic N) is 2. The van der Waals surface area contributed by atoms with Gasteiger partial charge in [-0.25, -0.2) is 0 Å². The average Bonchev–Trinajstić information content (AvgIpc) is 3.12. The van der Waals surface area contributed by atoms with Crippen molar-refractivity contribution in [3.63, 3.8) is 0 Å². The van der Waals surface area contributed by atoms with E-state index in [9.17, 15) is 9.59 Å². The van der Waals surface area contributed by atoms with Gasteiger partial charge in [0.05, 0.1) is 11.6 Å². The van der Waals surface area contributed by atoms with E-state index in [0.29, 0.717) is 18.7 Å². The van der Waals surface area contributed by atoms with Gasteiger partial charge in [-0.2, -0.15) is 0 Å². The Kier molecular flexibility index (Phi) is 5.93. The fourth-order valence-corrected chi connectivity index (χ4v) is 3.52. The minimum absolute atomic E-state index is 0.00773. The highest BCUT2D eigenvalue weighted by Gasteiger charge is 2.31. The largest absolute Gasteiger partial charge is 0.488 e. The van der Waals surface area contributed by atoms with Gasteiger partial charge in [-0.05, 0) is 37.9 Å². The molecular weight excluding hydrogens is 330 g/mol. The molecule has 0 unspecified atom stereocenters. The van der Waals surface area contributed by atoms with Crippen LogP contribution in [0, 0.1) is 0 Å². The molecule has 1 aromatic rings. The number of hydrogen-bond acceptors (Lipinski definition) is 4. The van der Waals surface area contributed by atoms with Crippen molar-refractivity contribution in [2.75, 3.05) is 40.3 Å². The molecule has 2 amide bonds. The maximum atomic E-state index is 12.3. The summed E-state index contributed by atoms with van der Waals surface area (Å²) >= 11 is 0. The molecule has 0 aliphatic carbocycles. The highest BCUT2D eigenvalue weighted by atomic mass is 16.5. The van der Waals surface area contributed by atoms with E-state index in [1.165, 1.54) is 0 Å². The van der Waals surface area contributed by atoms with Crippen LogP contribution in [0.15, 0.2) is 29.8 Å². The van der Waals surface area contributed by atoms with Gasteiger partial charge in [0, 0.05) is 32.7 Å². The summed E-state index contributed by atoms with van der Waals surface area (Å²) in [6, 6.07) is 7.69. The van der Waals surface area contributed by atoms with Gasteiger partial charge in [0.15, 0.2) is 0 Å². The Hall–Kier alpha value is -2.34. The molecule has 1 fully saturated rings. The van der Waals surface area contributed by atoms with Gasteiger partial charge in [-0.15, -0.1) is 0 Å². The average molecular weight is 357 g/mol. The summed E-state index contributed by atoms with van der Waals surface area (Å²) in [6.07, 6.45) is 4.70. The van der Waals surface area contributed by atoms with E-state index >= 15 is 0 Å². The van der Waals surface area contributed by atoms with Crippen molar-refractivity contribution in [2.45, 2.75) is 25.3 Å². The molecule has 2 heterocycles. The molecular formula is C20H27N3O3. The van der Waals surface area contributed by atoms with Gasteiger partial charge < -0.3 is 15.0 Å². The molecule has 0 radical (unpaired) electrons. The molecule has 3 rings (SSSR count). The first-order valence-electron chi connectivity index (χ1n) is 9.22. The first-order valence-corrected chi connectivity index (χ1v) is 9.22. The molecule has 6 nitrogen and oxygen atoms in total. The summed E-state index contributed by atoms with van der Waals surface area (Å²) in [5, 5.41) is 2.96. The number of fused-ring (bicyclic) bond motifs is 1. The van der Waals surface area contributed by atoms with E-state index in [-0.39, 0.29) is 17.9 Å². The van der Waals surface area contributed by atoms with Crippen molar-refractivity contribution in [2.24, 2.45) is 0 Å². The van der Waals surface area contributed by atoms with Crippen LogP contribution in [0.5, 0.6) is 5.75 Å². The van der Waals surface area contributed by atoms with Gasteiger partial charge >= 0.3 is 0 Å². The smallest absolute Gasteiger partial charge is 0.250 e. The van der Waals surface area contributed by atoms with Gasteiger partial charge in [-0.3, -0.25) is 14.5 Å². The molecule has 1 saturated heterocycles. The maximum Gasteiger partial charge on any atom is 0.250 e. The van der Waals surface area contributed by atoms with Crippen molar-refractivity contribution in [1.29, 1.82) is 0 Å². The monoisotopic (exact) mass is 357 g/mol. The highest BCUT2D eigenvalue weighted by Crippen LogP contribution is 2.25. The number of likely N-dealkylation sites (tertiary alicyclic amines) is 1. The van der Waals surface area contributed by atoms with Crippen molar-refractivity contribution in [3.8, 4) is 5.75 Å². The molecule has 26 heavy (non-hydrogen) atoms. The summed E-state index contributed by atoms with van der Waals surface area (Å²) in [7, 11) is 3.61. The Morgan fingerprint density at radius 1 is 1.31 bits per heavy atom. The van der Waals surface area contributed by atoms with Crippen LogP contribution in [-0.4, -0.2) is 68.0 Å². The summed E-state index contributed by atoms with van der Waals surface area (Å²) in [4.78, 5) is 28.4. The van der Waals surface area contributed by atoms with Gasteiger partial charge in [-0.1, -0.05) is 18.2 Å². The third-order valence-electron chi connectivity index (χ3n) is 4.92. The van der Waals surface area contributed by atoms with E-state index < -0.39 is 0 Å². The zero-order valence-corrected chi connectivity index (χ0v) is 15.5. The molecule has 0 bridgehead atoms. The van der Waals surface area contributed by atoms with Crippen molar-refractivity contribution >= 4 is 17.9 Å². The molecule has 0 saturated carbocycles. The third-order valence-corrected chi connectivity index (χ3v) is 4.92. The van der Waals surface area contributed by atoms with Crippen LogP contribution in [0.4, 0.5) is 0 Å². The van der Waals surface area contributed by atoms with Crippen molar-refractivity contribution < 1.29 is 14.3 Å². The zero-order chi connectivity index (χ0) is 18.5. The van der Waals surface area contributed by atoms with Crippen molar-refractivity contribution in [3.05, 3.63) is 35.4 Å². The van der Waals surface area contributed by atoms with Crippen LogP contribution in [0.1, 0.15) is 24.8 Å². The Bertz CT molecular complexity index is 699. The number of rotatable bonds is 6. The number of benzene rings is 1. The fraction of sp³-hybridized carbons (Fsp3) is 0.500. The van der Waals surface area contributed by atoms with Crippen molar-refractivity contribution in [1.82, 2.24) is 15.1 Å². The SMILES string of the molecule is CN(C)C(=O)[C@H]1CCCN1CCCNC(=O)C1=Cc2ccccc2OC1. The van der Waals surface area contributed by atoms with Crippen LogP contribution in [0.25, 0.3) is 6.08 Å². The number of carbonyl (C=O) groups excluding carboxylic acids is 2. The molecule has 1 aromatic carbocycles. The summed E-state index contributed by atoms with van der Waals surface area (Å²) in [5.41, 5.74) is 1.58. The predicted octanol–water partition coefficient (Wildman–Crippen LogP) is 1.52. The normalized spacial score (nSPS) is 19.3. The topological polar surface area (TPSA) is 61.9 Å². The van der Waals surface area contributed by atoms with Crippen LogP contribution in [0.3, 0.4) is 0 Å². The number of ether oxygens (including phenoxy) is 1. The van der Waals surface area contributed by atoms with E-state index in [0.717, 1.165) is 43.7 Å². The van der Waals surface area contributed by atoms with Gasteiger partial charge in [0.2, 0.25) is 5.91 Å². The molecule has 2 aliphatic heterocycles. The second-order valence-electron chi connectivity index (χ2n) is 7.03. The lowest BCUT2D eigenvalue weighted by Crippen LogP contribution is -2.43. The van der Waals surface area contributed by atoms with E-state index in [1.807, 2.05) is 30.3 Å². The quantitative estimate of drug-likeness (QED) is 0.784. The zero-order valence-electron chi connectivity index (χ0n) is 15.5. The Balaban J connectivity index is 1.45. The first kappa shape index (κ1) is 18.5. The predicted molar refractivity (Wildman–Crippen MR) is 101 cm³/mol. The lowest BCUT2D eigenvalue weighted by molar-refractivity contribution is -0.133. The van der Waals surface area contributed by atoms with E-state index in [4.69, 9.17) is 4.74 Å². The van der Waals surface area contributed by atoms with Crippen LogP contribution >= 0.6 is 0 Å². The number of hydrogen-bond donors (Lipinski definition) is 1. The second kappa shape index (κ2) is 8.36. The van der Waals surface area contributed by atoms with Crippen LogP contribution < -0.4 is 10.1 Å². The number of carbonyl (C=O) groups is 2. The number of para-hydroxylation sites is 1. The Labute approximate surface area is 154 Å². The minimum atomic E-state index is -0.0816. The lowest BCUT2D eigenvalue weighted by Gasteiger charge is -2.26. The Morgan fingerprint density at radius 3 is 2.92 bits per heavy atom. The molecule has 1 atom stereocenters. The standard InChI is InChI=1S/C20H27N3O3/c1-22(2)20(25)17-8-5-11-23(17)12-6-10-21-19(24)16-13-15-7-3-4-9-18(15)26-14-16/h3-4,7,9,13,17H,5-6,8,10-12,14H2,1-2H3,(H,21,24)/t17-/m1/s1. The van der Waals surface area contributed by atoms with E-state index in [2.05, 4.69) is 10.2 Å². The summed E-state index contributed by atoms with van der Waals surface area (Å²) in [6.45, 7) is 2.67. The molecule has 1 N–H and O–H groups in total. The Morgan fingerprint density at radius 2 is 2.12 bits per heavy atom. The van der Waals surface area contributed by atoms with Gasteiger partial charge in [0.25, 0.3) is 5.91 Å². The molecule has 6 heteroatoms. The second-order valence-corrected chi connectivity index (χ2v) is 7.03. The maximum absolute atomic E-state index is 12.3. The number of amides is 2. The highest BCUT2D eigenvalue weighted by molar-refractivity contribution is 5.99. The summed E-state index contributed by atoms with van der Waals surface area (Å²) < 4.78 is 5.63. The van der Waals surface area contributed by atoms with Crippen LogP contribution in [-0.2, 0) is 9.59 Å². The van der Waals surface area contributed by atoms with Crippen LogP contribution in [0.2, 0.25) is 0 Å². The number of nitrogens with one attached hydrogen (secondary N) is 1. The molecule has 2 aliphatic rings. The lowest BCUT2D eigenvalue weighted by atomic mass is 10.1. The van der Waals surface area contributed by atoms with E-state index in [1.54, 1.807) is 19.0 Å². The molecule has 0 spiro atoms. The summed E-state index contributed by atoms with van der Waals surface area (Å²) in [5.74, 6) is 0.909. The fourth-order valence-electron chi connectivity index (χ4n) is 3.52. The van der Waals surface area contributed by atoms with Gasteiger partial charge in [0.1, 0.15) is 12.4 Å². The third kappa shape index (κ3) is 4.25.